The van der Waals surface area contributed by atoms with E-state index in [0.29, 0.717) is 50.4 Å². The number of thiazole rings is 1. The first-order valence-electron chi connectivity index (χ1n) is 13.5. The molecule has 3 heterocycles. The van der Waals surface area contributed by atoms with Gasteiger partial charge in [0.05, 0.1) is 33.0 Å². The van der Waals surface area contributed by atoms with Gasteiger partial charge in [0.1, 0.15) is 17.0 Å². The highest BCUT2D eigenvalue weighted by molar-refractivity contribution is 7.22. The molecule has 2 aromatic carbocycles. The maximum Gasteiger partial charge on any atom is 0.335 e. The van der Waals surface area contributed by atoms with Crippen molar-refractivity contribution in [3.63, 3.8) is 0 Å². The zero-order valence-corrected chi connectivity index (χ0v) is 23.7. The molecule has 0 spiro atoms. The van der Waals surface area contributed by atoms with Gasteiger partial charge in [-0.15, -0.1) is 0 Å². The van der Waals surface area contributed by atoms with Crippen molar-refractivity contribution in [2.24, 2.45) is 11.8 Å². The van der Waals surface area contributed by atoms with Crippen LogP contribution in [0.5, 0.6) is 0 Å². The molecule has 3 fully saturated rings. The van der Waals surface area contributed by atoms with Gasteiger partial charge in [0, 0.05) is 30.1 Å². The van der Waals surface area contributed by atoms with E-state index in [1.807, 2.05) is 6.07 Å². The van der Waals surface area contributed by atoms with Gasteiger partial charge in [0.15, 0.2) is 10.9 Å². The van der Waals surface area contributed by atoms with E-state index in [1.165, 1.54) is 17.4 Å². The van der Waals surface area contributed by atoms with Gasteiger partial charge in [-0.05, 0) is 68.2 Å². The lowest BCUT2D eigenvalue weighted by Crippen LogP contribution is -2.28. The van der Waals surface area contributed by atoms with Crippen molar-refractivity contribution < 1.29 is 23.6 Å². The van der Waals surface area contributed by atoms with Gasteiger partial charge in [-0.3, -0.25) is 0 Å². The number of hydrogen-bond donors (Lipinski definition) is 1. The van der Waals surface area contributed by atoms with Crippen LogP contribution in [0.1, 0.15) is 59.7 Å². The van der Waals surface area contributed by atoms with E-state index in [1.54, 1.807) is 12.1 Å². The van der Waals surface area contributed by atoms with Gasteiger partial charge >= 0.3 is 5.97 Å². The average molecular weight is 603 g/mol. The van der Waals surface area contributed by atoms with Gasteiger partial charge in [0.2, 0.25) is 0 Å². The Bertz CT molecular complexity index is 1600. The summed E-state index contributed by atoms with van der Waals surface area (Å²) < 4.78 is 27.4. The van der Waals surface area contributed by atoms with E-state index in [2.05, 4.69) is 15.0 Å². The van der Waals surface area contributed by atoms with E-state index in [-0.39, 0.29) is 17.2 Å². The third-order valence-corrected chi connectivity index (χ3v) is 10.1. The zero-order valence-electron chi connectivity index (χ0n) is 21.4. The van der Waals surface area contributed by atoms with Crippen LogP contribution in [0.3, 0.4) is 0 Å². The summed E-state index contributed by atoms with van der Waals surface area (Å²) in [7, 11) is 0. The van der Waals surface area contributed by atoms with Crippen LogP contribution in [-0.2, 0) is 11.3 Å². The molecule has 0 amide bonds. The van der Waals surface area contributed by atoms with Crippen molar-refractivity contribution in [3.05, 3.63) is 63.1 Å². The topological polar surface area (TPSA) is 88.7 Å². The van der Waals surface area contributed by atoms with Gasteiger partial charge < -0.3 is 19.3 Å². The number of carboxylic acids is 1. The molecule has 7 rings (SSSR count). The average Bonchev–Trinajstić information content (AvgIpc) is 3.33. The number of carbonyl (C=O) groups is 1. The zero-order chi connectivity index (χ0) is 27.5. The van der Waals surface area contributed by atoms with Crippen LogP contribution < -0.4 is 4.90 Å². The second-order valence-electron chi connectivity index (χ2n) is 11.0. The maximum absolute atomic E-state index is 14.5. The first-order chi connectivity index (χ1) is 19.4. The molecule has 1 aliphatic heterocycles. The smallest absolute Gasteiger partial charge is 0.335 e. The Morgan fingerprint density at radius 3 is 2.67 bits per heavy atom. The monoisotopic (exact) mass is 601 g/mol. The van der Waals surface area contributed by atoms with Crippen LogP contribution in [0.25, 0.3) is 21.5 Å². The Kier molecular flexibility index (Phi) is 6.73. The second kappa shape index (κ2) is 10.3. The number of anilines is 1. The fourth-order valence-corrected chi connectivity index (χ4v) is 7.79. The maximum atomic E-state index is 14.5. The van der Waals surface area contributed by atoms with Crippen LogP contribution >= 0.6 is 34.5 Å². The number of aromatic nitrogens is 2. The summed E-state index contributed by atoms with van der Waals surface area (Å²) in [5, 5.41) is 15.5. The minimum absolute atomic E-state index is 0.0621. The summed E-state index contributed by atoms with van der Waals surface area (Å²) in [5.74, 6) is 0.450. The Hall–Kier alpha value is -2.72. The first kappa shape index (κ1) is 26.2. The quantitative estimate of drug-likeness (QED) is 0.231. The molecule has 2 saturated carbocycles. The SMILES string of the molecule is O=C(O)c1cc(F)c2nc(N3C[C@H]4CC[C@H](OCc5c(-c6c(Cl)cccc6Cl)noc5C5CC5)C[C@H]4C3)sc2c1. The van der Waals surface area contributed by atoms with Gasteiger partial charge in [-0.2, -0.15) is 0 Å². The van der Waals surface area contributed by atoms with Crippen molar-refractivity contribution in [3.8, 4) is 11.3 Å². The molecular formula is C29H26Cl2FN3O4S. The van der Waals surface area contributed by atoms with E-state index < -0.39 is 11.8 Å². The van der Waals surface area contributed by atoms with Crippen molar-refractivity contribution in [1.29, 1.82) is 0 Å². The normalized spacial score (nSPS) is 22.7. The van der Waals surface area contributed by atoms with E-state index in [0.717, 1.165) is 67.7 Å². The van der Waals surface area contributed by atoms with Crippen LogP contribution in [-0.4, -0.2) is 40.4 Å². The molecule has 0 unspecified atom stereocenters. The van der Waals surface area contributed by atoms with E-state index in [9.17, 15) is 14.3 Å². The van der Waals surface area contributed by atoms with Crippen molar-refractivity contribution in [2.45, 2.75) is 50.7 Å². The van der Waals surface area contributed by atoms with Crippen LogP contribution in [0.4, 0.5) is 9.52 Å². The number of aromatic carboxylic acids is 1. The third kappa shape index (κ3) is 4.76. The predicted octanol–water partition coefficient (Wildman–Crippen LogP) is 7.79. The van der Waals surface area contributed by atoms with Crippen LogP contribution in [0.2, 0.25) is 10.0 Å². The lowest BCUT2D eigenvalue weighted by atomic mass is 9.80. The van der Waals surface area contributed by atoms with Crippen molar-refractivity contribution >= 4 is 55.9 Å². The Morgan fingerprint density at radius 1 is 1.15 bits per heavy atom. The predicted molar refractivity (Wildman–Crippen MR) is 152 cm³/mol. The Balaban J connectivity index is 1.06. The molecule has 3 atom stereocenters. The van der Waals surface area contributed by atoms with E-state index in [4.69, 9.17) is 32.5 Å². The number of ether oxygens (including phenoxy) is 1. The van der Waals surface area contributed by atoms with E-state index >= 15 is 0 Å². The molecule has 0 radical (unpaired) electrons. The van der Waals surface area contributed by atoms with Crippen LogP contribution in [0, 0.1) is 17.7 Å². The minimum atomic E-state index is -1.15. The highest BCUT2D eigenvalue weighted by atomic mass is 35.5. The fourth-order valence-electron chi connectivity index (χ4n) is 6.18. The molecular weight excluding hydrogens is 576 g/mol. The summed E-state index contributed by atoms with van der Waals surface area (Å²) in [6.45, 7) is 2.07. The summed E-state index contributed by atoms with van der Waals surface area (Å²) in [6, 6.07) is 7.95. The summed E-state index contributed by atoms with van der Waals surface area (Å²) in [5.41, 5.74) is 2.44. The number of carboxylic acid groups (broad SMARTS) is 1. The molecule has 3 aliphatic rings. The fraction of sp³-hybridized carbons (Fsp3) is 0.414. The number of benzene rings is 2. The van der Waals surface area contributed by atoms with Crippen molar-refractivity contribution in [2.75, 3.05) is 18.0 Å². The molecule has 1 saturated heterocycles. The molecule has 0 bridgehead atoms. The number of fused-ring (bicyclic) bond motifs is 2. The standard InChI is InChI=1S/C29H26Cl2FN3O4S/c30-20-2-1-3-21(31)24(20)25-19(27(39-34-25)14-4-5-14)13-38-18-7-6-15-11-35(12-17(15)8-18)29-33-26-22(32)9-16(28(36)37)10-23(26)40-29/h1-3,9-10,14-15,17-18H,4-8,11-13H2,(H,36,37)/t15-,17+,18+/m1/s1. The highest BCUT2D eigenvalue weighted by Crippen LogP contribution is 2.47. The van der Waals surface area contributed by atoms with Gasteiger partial charge in [-0.1, -0.05) is 45.8 Å². The molecule has 2 aliphatic carbocycles. The van der Waals surface area contributed by atoms with Crippen molar-refractivity contribution in [1.82, 2.24) is 10.1 Å². The molecule has 11 heteroatoms. The Labute approximate surface area is 243 Å². The number of halogens is 3. The third-order valence-electron chi connectivity index (χ3n) is 8.39. The lowest BCUT2D eigenvalue weighted by molar-refractivity contribution is -0.00495. The molecule has 7 nitrogen and oxygen atoms in total. The highest BCUT2D eigenvalue weighted by Gasteiger charge is 2.40. The number of hydrogen-bond acceptors (Lipinski definition) is 7. The summed E-state index contributed by atoms with van der Waals surface area (Å²) in [6.07, 6.45) is 5.18. The largest absolute Gasteiger partial charge is 0.478 e. The number of rotatable bonds is 7. The van der Waals surface area contributed by atoms with Gasteiger partial charge in [-0.25, -0.2) is 14.2 Å². The number of nitrogens with zero attached hydrogens (tertiary/aromatic N) is 3. The minimum Gasteiger partial charge on any atom is -0.478 e. The molecule has 2 aromatic heterocycles. The van der Waals surface area contributed by atoms with Gasteiger partial charge in [0.25, 0.3) is 0 Å². The lowest BCUT2D eigenvalue weighted by Gasteiger charge is -2.30. The van der Waals surface area contributed by atoms with Crippen LogP contribution in [0.15, 0.2) is 34.9 Å². The molecule has 208 valence electrons. The first-order valence-corrected chi connectivity index (χ1v) is 15.1. The Morgan fingerprint density at radius 2 is 1.93 bits per heavy atom. The summed E-state index contributed by atoms with van der Waals surface area (Å²) >= 11 is 14.4. The summed E-state index contributed by atoms with van der Waals surface area (Å²) in [4.78, 5) is 18.1. The molecule has 1 N–H and O–H groups in total. The molecule has 4 aromatic rings. The molecule has 40 heavy (non-hydrogen) atoms. The second-order valence-corrected chi connectivity index (χ2v) is 12.8.